The number of nitrogens with two attached hydrogens (primary N) is 1. The topological polar surface area (TPSA) is 125 Å². The maximum Gasteiger partial charge on any atom is 0.314 e. The second-order valence-corrected chi connectivity index (χ2v) is 4.83. The van der Waals surface area contributed by atoms with Gasteiger partial charge in [0.1, 0.15) is 11.6 Å². The molecule has 0 amide bonds. The van der Waals surface area contributed by atoms with Crippen LogP contribution in [0.15, 0.2) is 22.6 Å². The van der Waals surface area contributed by atoms with Crippen LogP contribution >= 0.6 is 11.3 Å². The van der Waals surface area contributed by atoms with Crippen molar-refractivity contribution >= 4 is 34.2 Å². The Morgan fingerprint density at radius 1 is 1.41 bits per heavy atom. The summed E-state index contributed by atoms with van der Waals surface area (Å²) in [7, 11) is 2.77. The highest BCUT2D eigenvalue weighted by molar-refractivity contribution is 7.14. The van der Waals surface area contributed by atoms with Gasteiger partial charge in [-0.3, -0.25) is 15.5 Å². The van der Waals surface area contributed by atoms with Crippen LogP contribution in [0.25, 0.3) is 0 Å². The van der Waals surface area contributed by atoms with Crippen molar-refractivity contribution in [2.45, 2.75) is 0 Å². The van der Waals surface area contributed by atoms with Gasteiger partial charge in [0, 0.05) is 10.9 Å². The molecule has 0 fully saturated rings. The number of hydrazone groups is 1. The summed E-state index contributed by atoms with van der Waals surface area (Å²) in [5, 5.41) is 17.2. The molecular formula is C12H13N5O4S. The first-order valence-electron chi connectivity index (χ1n) is 5.95. The number of hydrogen-bond acceptors (Lipinski definition) is 9. The highest BCUT2D eigenvalue weighted by Crippen LogP contribution is 2.33. The standard InChI is InChI=1S/C12H13N5O4S/c1-20-9-4-8(17(18)19)10(21-2)3-7(9)5-14-16-12-15-11(13)6-22-12/h3-6H,13H2,1-2H3,(H,15,16). The van der Waals surface area contributed by atoms with Gasteiger partial charge in [-0.1, -0.05) is 0 Å². The molecule has 0 saturated carbocycles. The number of nitrogen functional groups attached to an aromatic ring is 1. The van der Waals surface area contributed by atoms with Crippen LogP contribution in [-0.2, 0) is 0 Å². The first-order chi connectivity index (χ1) is 10.5. The molecule has 116 valence electrons. The number of ether oxygens (including phenoxy) is 2. The van der Waals surface area contributed by atoms with E-state index in [1.54, 1.807) is 5.38 Å². The minimum atomic E-state index is -0.543. The van der Waals surface area contributed by atoms with E-state index >= 15 is 0 Å². The van der Waals surface area contributed by atoms with Gasteiger partial charge < -0.3 is 15.2 Å². The summed E-state index contributed by atoms with van der Waals surface area (Å²) >= 11 is 1.30. The van der Waals surface area contributed by atoms with Crippen molar-refractivity contribution in [3.8, 4) is 11.5 Å². The molecule has 0 spiro atoms. The molecule has 3 N–H and O–H groups in total. The van der Waals surface area contributed by atoms with Crippen molar-refractivity contribution in [3.05, 3.63) is 33.2 Å². The van der Waals surface area contributed by atoms with Crippen molar-refractivity contribution < 1.29 is 14.4 Å². The molecule has 0 bridgehead atoms. The number of nitrogens with zero attached hydrogens (tertiary/aromatic N) is 3. The number of nitro benzene ring substituents is 1. The van der Waals surface area contributed by atoms with E-state index < -0.39 is 4.92 Å². The average Bonchev–Trinajstić information content (AvgIpc) is 2.91. The van der Waals surface area contributed by atoms with E-state index in [0.717, 1.165) is 0 Å². The number of aromatic nitrogens is 1. The number of nitro groups is 1. The first-order valence-corrected chi connectivity index (χ1v) is 6.83. The van der Waals surface area contributed by atoms with E-state index in [1.807, 2.05) is 0 Å². The zero-order valence-electron chi connectivity index (χ0n) is 11.8. The summed E-state index contributed by atoms with van der Waals surface area (Å²) in [5.74, 6) is 0.819. The number of nitrogens with one attached hydrogen (secondary N) is 1. The summed E-state index contributed by atoms with van der Waals surface area (Å²) in [6.07, 6.45) is 1.45. The monoisotopic (exact) mass is 323 g/mol. The summed E-state index contributed by atoms with van der Waals surface area (Å²) in [5.41, 5.74) is 8.54. The van der Waals surface area contributed by atoms with Crippen molar-refractivity contribution in [2.75, 3.05) is 25.4 Å². The summed E-state index contributed by atoms with van der Waals surface area (Å²) < 4.78 is 10.1. The zero-order valence-corrected chi connectivity index (χ0v) is 12.6. The van der Waals surface area contributed by atoms with Crippen LogP contribution in [-0.4, -0.2) is 30.3 Å². The van der Waals surface area contributed by atoms with Crippen LogP contribution < -0.4 is 20.6 Å². The Morgan fingerprint density at radius 2 is 2.14 bits per heavy atom. The molecular weight excluding hydrogens is 310 g/mol. The lowest BCUT2D eigenvalue weighted by atomic mass is 10.2. The molecule has 2 rings (SSSR count). The SMILES string of the molecule is COc1cc([N+](=O)[O-])c(OC)cc1C=NNc1nc(N)cs1. The minimum Gasteiger partial charge on any atom is -0.496 e. The van der Waals surface area contributed by atoms with Crippen molar-refractivity contribution in [1.29, 1.82) is 0 Å². The normalized spacial score (nSPS) is 10.6. The van der Waals surface area contributed by atoms with Crippen molar-refractivity contribution in [1.82, 2.24) is 4.98 Å². The quantitative estimate of drug-likeness (QED) is 0.473. The van der Waals surface area contributed by atoms with Crippen molar-refractivity contribution in [3.63, 3.8) is 0 Å². The molecule has 0 saturated heterocycles. The van der Waals surface area contributed by atoms with Crippen LogP contribution in [0.3, 0.4) is 0 Å². The minimum absolute atomic E-state index is 0.116. The molecule has 0 radical (unpaired) electrons. The Bertz CT molecular complexity index is 716. The molecule has 2 aromatic rings. The molecule has 1 aromatic heterocycles. The maximum absolute atomic E-state index is 11.0. The van der Waals surface area contributed by atoms with Gasteiger partial charge in [-0.2, -0.15) is 5.10 Å². The number of rotatable bonds is 6. The lowest BCUT2D eigenvalue weighted by Crippen LogP contribution is -1.99. The third kappa shape index (κ3) is 3.41. The molecule has 0 aliphatic heterocycles. The Kier molecular flexibility index (Phi) is 4.73. The summed E-state index contributed by atoms with van der Waals surface area (Å²) in [6, 6.07) is 2.75. The van der Waals surface area contributed by atoms with E-state index in [0.29, 0.717) is 22.3 Å². The fourth-order valence-corrected chi connectivity index (χ4v) is 2.19. The van der Waals surface area contributed by atoms with E-state index in [-0.39, 0.29) is 11.4 Å². The van der Waals surface area contributed by atoms with Crippen LogP contribution in [0.2, 0.25) is 0 Å². The molecule has 9 nitrogen and oxygen atoms in total. The fraction of sp³-hybridized carbons (Fsp3) is 0.167. The first kappa shape index (κ1) is 15.5. The molecule has 0 aliphatic rings. The van der Waals surface area contributed by atoms with E-state index in [9.17, 15) is 10.1 Å². The lowest BCUT2D eigenvalue weighted by Gasteiger charge is -2.07. The van der Waals surface area contributed by atoms with E-state index in [4.69, 9.17) is 15.2 Å². The highest BCUT2D eigenvalue weighted by atomic mass is 32.1. The molecule has 0 unspecified atom stereocenters. The second-order valence-electron chi connectivity index (χ2n) is 3.97. The van der Waals surface area contributed by atoms with Crippen LogP contribution in [0.5, 0.6) is 11.5 Å². The largest absolute Gasteiger partial charge is 0.496 e. The van der Waals surface area contributed by atoms with E-state index in [1.165, 1.54) is 43.9 Å². The number of thiazole rings is 1. The van der Waals surface area contributed by atoms with Crippen LogP contribution in [0.4, 0.5) is 16.6 Å². The van der Waals surface area contributed by atoms with Gasteiger partial charge in [-0.05, 0) is 6.07 Å². The van der Waals surface area contributed by atoms with Gasteiger partial charge in [0.15, 0.2) is 5.75 Å². The number of benzene rings is 1. The third-order valence-electron chi connectivity index (χ3n) is 2.61. The molecule has 0 atom stereocenters. The van der Waals surface area contributed by atoms with Gasteiger partial charge in [0.2, 0.25) is 5.13 Å². The highest BCUT2D eigenvalue weighted by Gasteiger charge is 2.18. The Hall–Kier alpha value is -2.88. The van der Waals surface area contributed by atoms with Crippen LogP contribution in [0, 0.1) is 10.1 Å². The second kappa shape index (κ2) is 6.72. The smallest absolute Gasteiger partial charge is 0.314 e. The lowest BCUT2D eigenvalue weighted by molar-refractivity contribution is -0.385. The average molecular weight is 323 g/mol. The molecule has 22 heavy (non-hydrogen) atoms. The Balaban J connectivity index is 2.27. The predicted octanol–water partition coefficient (Wildman–Crippen LogP) is 2.10. The number of anilines is 2. The molecule has 10 heteroatoms. The van der Waals surface area contributed by atoms with Gasteiger partial charge in [-0.15, -0.1) is 11.3 Å². The van der Waals surface area contributed by atoms with Gasteiger partial charge >= 0.3 is 5.69 Å². The summed E-state index contributed by atoms with van der Waals surface area (Å²) in [6.45, 7) is 0. The number of hydrogen-bond donors (Lipinski definition) is 2. The molecule has 0 aliphatic carbocycles. The summed E-state index contributed by atoms with van der Waals surface area (Å²) in [4.78, 5) is 14.4. The third-order valence-corrected chi connectivity index (χ3v) is 3.38. The number of methoxy groups -OCH3 is 2. The Labute approximate surface area is 129 Å². The van der Waals surface area contributed by atoms with Gasteiger partial charge in [-0.25, -0.2) is 4.98 Å². The van der Waals surface area contributed by atoms with E-state index in [2.05, 4.69) is 15.5 Å². The van der Waals surface area contributed by atoms with Crippen molar-refractivity contribution in [2.24, 2.45) is 5.10 Å². The zero-order chi connectivity index (χ0) is 16.1. The maximum atomic E-state index is 11.0. The van der Waals surface area contributed by atoms with Gasteiger partial charge in [0.25, 0.3) is 0 Å². The van der Waals surface area contributed by atoms with Crippen LogP contribution in [0.1, 0.15) is 5.56 Å². The molecule has 1 heterocycles. The fourth-order valence-electron chi connectivity index (χ4n) is 1.64. The van der Waals surface area contributed by atoms with Gasteiger partial charge in [0.05, 0.1) is 31.4 Å². The predicted molar refractivity (Wildman–Crippen MR) is 83.9 cm³/mol. The Morgan fingerprint density at radius 3 is 2.68 bits per heavy atom. The molecule has 1 aromatic carbocycles.